The molecule has 1 aromatic carbocycles. The highest BCUT2D eigenvalue weighted by Crippen LogP contribution is 1.97. The lowest BCUT2D eigenvalue weighted by Gasteiger charge is -2.13. The third kappa shape index (κ3) is 5.53. The lowest BCUT2D eigenvalue weighted by molar-refractivity contribution is -0.145. The van der Waals surface area contributed by atoms with Gasteiger partial charge in [0, 0.05) is 6.54 Å². The largest absolute Gasteiger partial charge is 0.481 e. The number of amides is 2. The summed E-state index contributed by atoms with van der Waals surface area (Å²) in [6.07, 6.45) is -0.673. The fraction of sp³-hybridized carbons (Fsp3) is 0.250. The Hall–Kier alpha value is -2.57. The predicted molar refractivity (Wildman–Crippen MR) is 65.5 cm³/mol. The van der Waals surface area contributed by atoms with Crippen LogP contribution in [-0.4, -0.2) is 34.2 Å². The Balaban J connectivity index is 2.45. The average molecular weight is 266 g/mol. The molecular weight excluding hydrogens is 252 g/mol. The summed E-state index contributed by atoms with van der Waals surface area (Å²) in [5.74, 6) is -2.69. The molecule has 19 heavy (non-hydrogen) atoms. The SMILES string of the molecule is O=C(O)C[C@H](NC(=O)NCc1ccccc1)C(=O)O. The number of rotatable bonds is 6. The van der Waals surface area contributed by atoms with Gasteiger partial charge in [-0.2, -0.15) is 0 Å². The molecule has 0 bridgehead atoms. The fourth-order valence-electron chi connectivity index (χ4n) is 1.36. The van der Waals surface area contributed by atoms with Gasteiger partial charge in [-0.05, 0) is 5.56 Å². The van der Waals surface area contributed by atoms with Gasteiger partial charge in [0.05, 0.1) is 6.42 Å². The first-order valence-electron chi connectivity index (χ1n) is 5.52. The van der Waals surface area contributed by atoms with Crippen LogP contribution in [0.4, 0.5) is 4.79 Å². The first-order valence-corrected chi connectivity index (χ1v) is 5.52. The van der Waals surface area contributed by atoms with Crippen molar-refractivity contribution >= 4 is 18.0 Å². The first-order chi connectivity index (χ1) is 8.99. The number of aliphatic carboxylic acids is 2. The van der Waals surface area contributed by atoms with Gasteiger partial charge in [-0.1, -0.05) is 30.3 Å². The van der Waals surface area contributed by atoms with Crippen molar-refractivity contribution in [2.45, 2.75) is 19.0 Å². The van der Waals surface area contributed by atoms with Gasteiger partial charge in [0.1, 0.15) is 6.04 Å². The van der Waals surface area contributed by atoms with E-state index >= 15 is 0 Å². The summed E-state index contributed by atoms with van der Waals surface area (Å²) in [7, 11) is 0. The maximum Gasteiger partial charge on any atom is 0.326 e. The summed E-state index contributed by atoms with van der Waals surface area (Å²) in [6.45, 7) is 0.228. The van der Waals surface area contributed by atoms with Crippen molar-refractivity contribution in [3.8, 4) is 0 Å². The monoisotopic (exact) mass is 266 g/mol. The number of urea groups is 1. The molecule has 7 heteroatoms. The zero-order chi connectivity index (χ0) is 14.3. The van der Waals surface area contributed by atoms with Gasteiger partial charge in [0.25, 0.3) is 0 Å². The molecule has 0 aliphatic rings. The van der Waals surface area contributed by atoms with Crippen molar-refractivity contribution in [1.29, 1.82) is 0 Å². The number of hydrogen-bond acceptors (Lipinski definition) is 3. The van der Waals surface area contributed by atoms with Crippen LogP contribution >= 0.6 is 0 Å². The molecule has 0 unspecified atom stereocenters. The summed E-state index contributed by atoms with van der Waals surface area (Å²) < 4.78 is 0. The molecule has 1 aromatic rings. The third-order valence-corrected chi connectivity index (χ3v) is 2.28. The Morgan fingerprint density at radius 1 is 1.11 bits per heavy atom. The number of hydrogen-bond donors (Lipinski definition) is 4. The molecule has 0 spiro atoms. The van der Waals surface area contributed by atoms with Crippen LogP contribution in [0, 0.1) is 0 Å². The summed E-state index contributed by atoms with van der Waals surface area (Å²) in [5, 5.41) is 21.8. The smallest absolute Gasteiger partial charge is 0.326 e. The first kappa shape index (κ1) is 14.5. The summed E-state index contributed by atoms with van der Waals surface area (Å²) >= 11 is 0. The molecule has 0 aliphatic carbocycles. The molecule has 7 nitrogen and oxygen atoms in total. The van der Waals surface area contributed by atoms with Gasteiger partial charge in [-0.3, -0.25) is 4.79 Å². The van der Waals surface area contributed by atoms with Crippen molar-refractivity contribution in [3.05, 3.63) is 35.9 Å². The van der Waals surface area contributed by atoms with Crippen LogP contribution in [-0.2, 0) is 16.1 Å². The standard InChI is InChI=1S/C12H14N2O5/c15-10(16)6-9(11(17)18)14-12(19)13-7-8-4-2-1-3-5-8/h1-5,9H,6-7H2,(H,15,16)(H,17,18)(H2,13,14,19)/t9-/m0/s1. The van der Waals surface area contributed by atoms with E-state index in [2.05, 4.69) is 10.6 Å². The molecule has 0 aromatic heterocycles. The fourth-order valence-corrected chi connectivity index (χ4v) is 1.36. The molecule has 0 heterocycles. The van der Waals surface area contributed by atoms with Crippen LogP contribution in [0.1, 0.15) is 12.0 Å². The van der Waals surface area contributed by atoms with Gasteiger partial charge in [-0.25, -0.2) is 9.59 Å². The van der Waals surface area contributed by atoms with Crippen LogP contribution in [0.5, 0.6) is 0 Å². The van der Waals surface area contributed by atoms with Crippen molar-refractivity contribution in [2.75, 3.05) is 0 Å². The molecule has 0 fully saturated rings. The van der Waals surface area contributed by atoms with E-state index < -0.39 is 30.4 Å². The number of carbonyl (C=O) groups is 3. The van der Waals surface area contributed by atoms with Gasteiger partial charge >= 0.3 is 18.0 Å². The van der Waals surface area contributed by atoms with E-state index in [1.165, 1.54) is 0 Å². The maximum absolute atomic E-state index is 11.4. The summed E-state index contributed by atoms with van der Waals surface area (Å²) in [5.41, 5.74) is 0.850. The number of carboxylic acid groups (broad SMARTS) is 2. The van der Waals surface area contributed by atoms with E-state index in [0.29, 0.717) is 0 Å². The molecule has 4 N–H and O–H groups in total. The minimum atomic E-state index is -1.45. The minimum Gasteiger partial charge on any atom is -0.481 e. The second-order valence-corrected chi connectivity index (χ2v) is 3.80. The highest BCUT2D eigenvalue weighted by atomic mass is 16.4. The number of carbonyl (C=O) groups excluding carboxylic acids is 1. The second kappa shape index (κ2) is 7.00. The maximum atomic E-state index is 11.4. The topological polar surface area (TPSA) is 116 Å². The summed E-state index contributed by atoms with van der Waals surface area (Å²) in [4.78, 5) is 32.6. The van der Waals surface area contributed by atoms with E-state index in [0.717, 1.165) is 5.56 Å². The quantitative estimate of drug-likeness (QED) is 0.595. The zero-order valence-electron chi connectivity index (χ0n) is 10.00. The molecule has 0 saturated heterocycles. The van der Waals surface area contributed by atoms with Crippen LogP contribution in [0.15, 0.2) is 30.3 Å². The van der Waals surface area contributed by atoms with Gasteiger partial charge < -0.3 is 20.8 Å². The molecule has 102 valence electrons. The van der Waals surface area contributed by atoms with Crippen molar-refractivity contribution in [3.63, 3.8) is 0 Å². The Morgan fingerprint density at radius 2 is 1.74 bits per heavy atom. The highest BCUT2D eigenvalue weighted by Gasteiger charge is 2.22. The number of benzene rings is 1. The molecule has 1 rings (SSSR count). The lowest BCUT2D eigenvalue weighted by atomic mass is 10.2. The van der Waals surface area contributed by atoms with Crippen LogP contribution in [0.2, 0.25) is 0 Å². The highest BCUT2D eigenvalue weighted by molar-refractivity contribution is 5.86. The van der Waals surface area contributed by atoms with E-state index in [9.17, 15) is 14.4 Å². The Labute approximate surface area is 109 Å². The van der Waals surface area contributed by atoms with Crippen molar-refractivity contribution in [1.82, 2.24) is 10.6 Å². The van der Waals surface area contributed by atoms with Crippen LogP contribution < -0.4 is 10.6 Å². The Bertz CT molecular complexity index is 460. The van der Waals surface area contributed by atoms with Crippen molar-refractivity contribution < 1.29 is 24.6 Å². The van der Waals surface area contributed by atoms with Gasteiger partial charge in [0.15, 0.2) is 0 Å². The van der Waals surface area contributed by atoms with Gasteiger partial charge in [-0.15, -0.1) is 0 Å². The number of carboxylic acids is 2. The molecule has 0 radical (unpaired) electrons. The minimum absolute atomic E-state index is 0.228. The van der Waals surface area contributed by atoms with Crippen molar-refractivity contribution in [2.24, 2.45) is 0 Å². The van der Waals surface area contributed by atoms with E-state index in [-0.39, 0.29) is 6.54 Å². The molecule has 0 saturated carbocycles. The third-order valence-electron chi connectivity index (χ3n) is 2.28. The number of nitrogens with one attached hydrogen (secondary N) is 2. The zero-order valence-corrected chi connectivity index (χ0v) is 10.00. The van der Waals surface area contributed by atoms with Crippen LogP contribution in [0.3, 0.4) is 0 Å². The Kier molecular flexibility index (Phi) is 5.34. The Morgan fingerprint density at radius 3 is 2.26 bits per heavy atom. The molecule has 1 atom stereocenters. The molecular formula is C12H14N2O5. The molecule has 2 amide bonds. The second-order valence-electron chi connectivity index (χ2n) is 3.80. The predicted octanol–water partition coefficient (Wildman–Crippen LogP) is 0.414. The van der Waals surface area contributed by atoms with Gasteiger partial charge in [0.2, 0.25) is 0 Å². The average Bonchev–Trinajstić information content (AvgIpc) is 2.36. The molecule has 0 aliphatic heterocycles. The lowest BCUT2D eigenvalue weighted by Crippen LogP contribution is -2.46. The van der Waals surface area contributed by atoms with E-state index in [4.69, 9.17) is 10.2 Å². The normalized spacial score (nSPS) is 11.4. The van der Waals surface area contributed by atoms with Crippen LogP contribution in [0.25, 0.3) is 0 Å². The van der Waals surface area contributed by atoms with E-state index in [1.807, 2.05) is 6.07 Å². The van der Waals surface area contributed by atoms with E-state index in [1.54, 1.807) is 24.3 Å². The summed E-state index contributed by atoms with van der Waals surface area (Å²) in [6, 6.07) is 6.86.